The van der Waals surface area contributed by atoms with Crippen LogP contribution in [0.15, 0.2) is 30.5 Å². The maximum absolute atomic E-state index is 13.7. The van der Waals surface area contributed by atoms with Crippen LogP contribution in [0.25, 0.3) is 10.9 Å². The summed E-state index contributed by atoms with van der Waals surface area (Å²) in [5.74, 6) is 0.365. The van der Waals surface area contributed by atoms with E-state index in [4.69, 9.17) is 5.73 Å². The minimum Gasteiger partial charge on any atom is -0.326 e. The summed E-state index contributed by atoms with van der Waals surface area (Å²) < 4.78 is 13.7. The number of aromatic nitrogens is 1. The average Bonchev–Trinajstić information content (AvgIpc) is 2.43. The lowest BCUT2D eigenvalue weighted by molar-refractivity contribution is 0.162. The number of nitrogens with zero attached hydrogens (tertiary/aromatic N) is 2. The first-order chi connectivity index (χ1) is 9.63. The van der Waals surface area contributed by atoms with Crippen LogP contribution in [0.4, 0.5) is 4.39 Å². The van der Waals surface area contributed by atoms with E-state index in [0.717, 1.165) is 36.0 Å². The van der Waals surface area contributed by atoms with Crippen LogP contribution in [0.2, 0.25) is 0 Å². The van der Waals surface area contributed by atoms with Gasteiger partial charge in [0.05, 0.1) is 5.52 Å². The summed E-state index contributed by atoms with van der Waals surface area (Å²) in [7, 11) is 0. The molecule has 2 N–H and O–H groups in total. The Morgan fingerprint density at radius 2 is 2.30 bits per heavy atom. The second-order valence-corrected chi connectivity index (χ2v) is 5.80. The molecule has 1 saturated heterocycles. The largest absolute Gasteiger partial charge is 0.326 e. The van der Waals surface area contributed by atoms with Crippen molar-refractivity contribution in [3.8, 4) is 0 Å². The van der Waals surface area contributed by atoms with Gasteiger partial charge in [0, 0.05) is 30.7 Å². The molecular formula is C16H20FN3. The lowest BCUT2D eigenvalue weighted by Gasteiger charge is -2.35. The zero-order chi connectivity index (χ0) is 14.1. The van der Waals surface area contributed by atoms with E-state index < -0.39 is 0 Å². The van der Waals surface area contributed by atoms with Gasteiger partial charge in [0.25, 0.3) is 0 Å². The molecule has 4 heteroatoms. The van der Waals surface area contributed by atoms with Crippen LogP contribution in [0.1, 0.15) is 18.9 Å². The molecule has 1 aliphatic heterocycles. The highest BCUT2D eigenvalue weighted by atomic mass is 19.1. The summed E-state index contributed by atoms with van der Waals surface area (Å²) in [6, 6.07) is 7.08. The van der Waals surface area contributed by atoms with Crippen molar-refractivity contribution in [3.63, 3.8) is 0 Å². The van der Waals surface area contributed by atoms with E-state index in [1.54, 1.807) is 12.3 Å². The molecule has 2 unspecified atom stereocenters. The minimum atomic E-state index is -0.199. The standard InChI is InChI=1S/C16H20FN3/c1-11-4-6-20(10-15(11)18)9-13-8-14(17)7-12-3-2-5-19-16(12)13/h2-3,5,7-8,11,15H,4,6,9-10,18H2,1H3. The van der Waals surface area contributed by atoms with Gasteiger partial charge in [-0.15, -0.1) is 0 Å². The quantitative estimate of drug-likeness (QED) is 0.914. The van der Waals surface area contributed by atoms with Gasteiger partial charge in [-0.05, 0) is 42.6 Å². The Hall–Kier alpha value is -1.52. The first kappa shape index (κ1) is 13.5. The van der Waals surface area contributed by atoms with Gasteiger partial charge in [-0.2, -0.15) is 0 Å². The molecule has 3 nitrogen and oxygen atoms in total. The monoisotopic (exact) mass is 273 g/mol. The van der Waals surface area contributed by atoms with Crippen LogP contribution in [0.5, 0.6) is 0 Å². The summed E-state index contributed by atoms with van der Waals surface area (Å²) in [5, 5.41) is 0.858. The van der Waals surface area contributed by atoms with Crippen molar-refractivity contribution in [2.24, 2.45) is 11.7 Å². The number of piperidine rings is 1. The molecule has 2 atom stereocenters. The predicted molar refractivity (Wildman–Crippen MR) is 78.7 cm³/mol. The normalized spacial score (nSPS) is 24.1. The van der Waals surface area contributed by atoms with Crippen molar-refractivity contribution in [1.82, 2.24) is 9.88 Å². The molecule has 2 heterocycles. The van der Waals surface area contributed by atoms with Gasteiger partial charge in [-0.25, -0.2) is 4.39 Å². The summed E-state index contributed by atoms with van der Waals surface area (Å²) in [4.78, 5) is 6.70. The minimum absolute atomic E-state index is 0.199. The molecule has 0 saturated carbocycles. The Balaban J connectivity index is 1.87. The molecule has 0 aliphatic carbocycles. The van der Waals surface area contributed by atoms with Gasteiger partial charge in [0.15, 0.2) is 0 Å². The second kappa shape index (κ2) is 5.46. The van der Waals surface area contributed by atoms with Crippen molar-refractivity contribution < 1.29 is 4.39 Å². The number of benzene rings is 1. The van der Waals surface area contributed by atoms with E-state index in [1.165, 1.54) is 6.07 Å². The maximum atomic E-state index is 13.7. The van der Waals surface area contributed by atoms with Crippen LogP contribution in [-0.2, 0) is 6.54 Å². The van der Waals surface area contributed by atoms with Crippen molar-refractivity contribution >= 4 is 10.9 Å². The van der Waals surface area contributed by atoms with Crippen LogP contribution >= 0.6 is 0 Å². The Morgan fingerprint density at radius 1 is 1.45 bits per heavy atom. The lowest BCUT2D eigenvalue weighted by atomic mass is 9.94. The number of hydrogen-bond acceptors (Lipinski definition) is 3. The van der Waals surface area contributed by atoms with Gasteiger partial charge in [0.1, 0.15) is 5.82 Å². The van der Waals surface area contributed by atoms with E-state index in [-0.39, 0.29) is 11.9 Å². The Labute approximate surface area is 118 Å². The number of fused-ring (bicyclic) bond motifs is 1. The fourth-order valence-electron chi connectivity index (χ4n) is 2.90. The second-order valence-electron chi connectivity index (χ2n) is 5.80. The highest BCUT2D eigenvalue weighted by molar-refractivity contribution is 5.81. The van der Waals surface area contributed by atoms with E-state index in [0.29, 0.717) is 12.5 Å². The zero-order valence-corrected chi connectivity index (χ0v) is 11.7. The van der Waals surface area contributed by atoms with E-state index in [1.807, 2.05) is 12.1 Å². The SMILES string of the molecule is CC1CCN(Cc2cc(F)cc3cccnc23)CC1N. The summed E-state index contributed by atoms with van der Waals surface area (Å²) in [6.07, 6.45) is 2.86. The fourth-order valence-corrected chi connectivity index (χ4v) is 2.90. The van der Waals surface area contributed by atoms with E-state index in [9.17, 15) is 4.39 Å². The predicted octanol–water partition coefficient (Wildman–Crippen LogP) is 2.54. The van der Waals surface area contributed by atoms with Crippen LogP contribution in [0, 0.1) is 11.7 Å². The third-order valence-corrected chi connectivity index (χ3v) is 4.24. The number of pyridine rings is 1. The van der Waals surface area contributed by atoms with Gasteiger partial charge in [-0.1, -0.05) is 13.0 Å². The smallest absolute Gasteiger partial charge is 0.124 e. The molecule has 0 radical (unpaired) electrons. The molecule has 0 amide bonds. The van der Waals surface area contributed by atoms with Gasteiger partial charge < -0.3 is 5.73 Å². The highest BCUT2D eigenvalue weighted by Gasteiger charge is 2.23. The number of halogens is 1. The van der Waals surface area contributed by atoms with Crippen molar-refractivity contribution in [3.05, 3.63) is 41.8 Å². The molecule has 3 rings (SSSR count). The van der Waals surface area contributed by atoms with Gasteiger partial charge in [-0.3, -0.25) is 9.88 Å². The third-order valence-electron chi connectivity index (χ3n) is 4.24. The Kier molecular flexibility index (Phi) is 3.68. The van der Waals surface area contributed by atoms with E-state index in [2.05, 4.69) is 16.8 Å². The average molecular weight is 273 g/mol. The zero-order valence-electron chi connectivity index (χ0n) is 11.7. The summed E-state index contributed by atoms with van der Waals surface area (Å²) in [6.45, 7) is 4.79. The van der Waals surface area contributed by atoms with Crippen molar-refractivity contribution in [1.29, 1.82) is 0 Å². The Morgan fingerprint density at radius 3 is 3.10 bits per heavy atom. The van der Waals surface area contributed by atoms with Crippen molar-refractivity contribution in [2.75, 3.05) is 13.1 Å². The molecule has 106 valence electrons. The molecule has 1 aliphatic rings. The first-order valence-corrected chi connectivity index (χ1v) is 7.14. The van der Waals surface area contributed by atoms with Crippen LogP contribution in [-0.4, -0.2) is 29.0 Å². The molecule has 2 aromatic rings. The molecule has 0 spiro atoms. The number of hydrogen-bond donors (Lipinski definition) is 1. The number of rotatable bonds is 2. The van der Waals surface area contributed by atoms with Crippen LogP contribution < -0.4 is 5.73 Å². The highest BCUT2D eigenvalue weighted by Crippen LogP contribution is 2.22. The van der Waals surface area contributed by atoms with Crippen LogP contribution in [0.3, 0.4) is 0 Å². The molecular weight excluding hydrogens is 253 g/mol. The van der Waals surface area contributed by atoms with E-state index >= 15 is 0 Å². The molecule has 20 heavy (non-hydrogen) atoms. The topological polar surface area (TPSA) is 42.2 Å². The molecule has 1 fully saturated rings. The Bertz CT molecular complexity index is 614. The summed E-state index contributed by atoms with van der Waals surface area (Å²) in [5.41, 5.74) is 7.97. The summed E-state index contributed by atoms with van der Waals surface area (Å²) >= 11 is 0. The third kappa shape index (κ3) is 2.67. The van der Waals surface area contributed by atoms with Gasteiger partial charge >= 0.3 is 0 Å². The molecule has 0 bridgehead atoms. The molecule has 1 aromatic carbocycles. The fraction of sp³-hybridized carbons (Fsp3) is 0.438. The van der Waals surface area contributed by atoms with Gasteiger partial charge in [0.2, 0.25) is 0 Å². The number of likely N-dealkylation sites (tertiary alicyclic amines) is 1. The lowest BCUT2D eigenvalue weighted by Crippen LogP contribution is -2.47. The van der Waals surface area contributed by atoms with Crippen molar-refractivity contribution in [2.45, 2.75) is 25.9 Å². The number of nitrogens with two attached hydrogens (primary N) is 1. The molecule has 1 aromatic heterocycles. The first-order valence-electron chi connectivity index (χ1n) is 7.14. The maximum Gasteiger partial charge on any atom is 0.124 e.